The molecule has 9 heteroatoms. The van der Waals surface area contributed by atoms with Gasteiger partial charge in [-0.15, -0.1) is 0 Å². The van der Waals surface area contributed by atoms with Crippen molar-refractivity contribution in [2.75, 3.05) is 49.6 Å². The monoisotopic (exact) mass is 380 g/mol. The fourth-order valence-electron chi connectivity index (χ4n) is 3.40. The lowest BCUT2D eigenvalue weighted by Crippen LogP contribution is -2.50. The lowest BCUT2D eigenvalue weighted by molar-refractivity contribution is -0.130. The molecule has 1 aromatic heterocycles. The number of amides is 2. The summed E-state index contributed by atoms with van der Waals surface area (Å²) in [5, 5.41) is 0. The lowest BCUT2D eigenvalue weighted by Gasteiger charge is -2.34. The number of nitrogens with zero attached hydrogens (tertiary/aromatic N) is 4. The van der Waals surface area contributed by atoms with Gasteiger partial charge in [-0.3, -0.25) is 9.59 Å². The third-order valence-corrected chi connectivity index (χ3v) is 6.89. The number of hydrogen-bond donors (Lipinski definition) is 0. The number of carbonyl (C=O) groups is 2. The van der Waals surface area contributed by atoms with Crippen molar-refractivity contribution in [1.82, 2.24) is 14.8 Å². The van der Waals surface area contributed by atoms with Gasteiger partial charge in [-0.1, -0.05) is 0 Å². The van der Waals surface area contributed by atoms with E-state index in [1.54, 1.807) is 28.1 Å². The summed E-state index contributed by atoms with van der Waals surface area (Å²) in [5.74, 6) is 0.255. The van der Waals surface area contributed by atoms with Crippen molar-refractivity contribution in [1.29, 1.82) is 0 Å². The molecule has 26 heavy (non-hydrogen) atoms. The molecule has 0 bridgehead atoms. The minimum atomic E-state index is -2.95. The fourth-order valence-corrected chi connectivity index (χ4v) is 5.17. The largest absolute Gasteiger partial charge is 0.369 e. The topological polar surface area (TPSA) is 90.9 Å². The minimum absolute atomic E-state index is 0.0246. The third-order valence-electron chi connectivity index (χ3n) is 5.14. The van der Waals surface area contributed by atoms with Gasteiger partial charge in [-0.25, -0.2) is 13.4 Å². The Kier molecular flexibility index (Phi) is 5.17. The Morgan fingerprint density at radius 1 is 1.15 bits per heavy atom. The molecule has 0 saturated carbocycles. The zero-order valence-electron chi connectivity index (χ0n) is 15.1. The maximum Gasteiger partial charge on any atom is 0.272 e. The second kappa shape index (κ2) is 7.22. The normalized spacial score (nSPS) is 22.3. The molecule has 8 nitrogen and oxygen atoms in total. The van der Waals surface area contributed by atoms with Crippen LogP contribution in [0.1, 0.15) is 23.8 Å². The lowest BCUT2D eigenvalue weighted by atomic mass is 10.2. The van der Waals surface area contributed by atoms with Crippen LogP contribution in [0.3, 0.4) is 0 Å². The molecule has 3 heterocycles. The van der Waals surface area contributed by atoms with Crippen molar-refractivity contribution in [3.8, 4) is 0 Å². The molecule has 1 aromatic rings. The summed E-state index contributed by atoms with van der Waals surface area (Å²) in [4.78, 5) is 33.5. The molecule has 0 spiro atoms. The van der Waals surface area contributed by atoms with Crippen LogP contribution in [-0.4, -0.2) is 85.8 Å². The molecule has 2 fully saturated rings. The highest BCUT2D eigenvalue weighted by molar-refractivity contribution is 7.91. The Morgan fingerprint density at radius 2 is 1.81 bits per heavy atom. The Morgan fingerprint density at radius 3 is 2.31 bits per heavy atom. The molecular weight excluding hydrogens is 356 g/mol. The standard InChI is InChI=1S/C17H24N4O4S/c1-13(22)20-6-8-21(9-7-20)17(23)16-4-3-14(11-18-16)19(2)15-5-10-26(24,25)12-15/h3-4,11,15H,5-10,12H2,1-2H3. The van der Waals surface area contributed by atoms with E-state index in [1.807, 2.05) is 11.9 Å². The van der Waals surface area contributed by atoms with Crippen LogP contribution >= 0.6 is 0 Å². The van der Waals surface area contributed by atoms with Gasteiger partial charge in [0.1, 0.15) is 5.69 Å². The number of rotatable bonds is 3. The minimum Gasteiger partial charge on any atom is -0.369 e. The summed E-state index contributed by atoms with van der Waals surface area (Å²) in [5.41, 5.74) is 1.16. The van der Waals surface area contributed by atoms with Gasteiger partial charge in [-0.05, 0) is 18.6 Å². The number of piperazine rings is 1. The molecule has 0 radical (unpaired) electrons. The molecule has 142 valence electrons. The van der Waals surface area contributed by atoms with E-state index in [4.69, 9.17) is 0 Å². The average molecular weight is 380 g/mol. The van der Waals surface area contributed by atoms with Gasteiger partial charge in [0.05, 0.1) is 23.4 Å². The van der Waals surface area contributed by atoms with E-state index in [-0.39, 0.29) is 29.4 Å². The number of hydrogen-bond acceptors (Lipinski definition) is 6. The summed E-state index contributed by atoms with van der Waals surface area (Å²) in [7, 11) is -1.09. The van der Waals surface area contributed by atoms with Gasteiger partial charge in [0.15, 0.2) is 9.84 Å². The number of sulfone groups is 1. The summed E-state index contributed by atoms with van der Waals surface area (Å²) in [6.45, 7) is 3.61. The second-order valence-corrected chi connectivity index (χ2v) is 9.10. The van der Waals surface area contributed by atoms with Crippen LogP contribution in [0.5, 0.6) is 0 Å². The van der Waals surface area contributed by atoms with Crippen molar-refractivity contribution in [2.24, 2.45) is 0 Å². The predicted octanol–water partition coefficient (Wildman–Crippen LogP) is 0.00920. The molecule has 0 aromatic carbocycles. The Labute approximate surface area is 153 Å². The van der Waals surface area contributed by atoms with E-state index in [0.717, 1.165) is 5.69 Å². The molecule has 0 aliphatic carbocycles. The first-order valence-electron chi connectivity index (χ1n) is 8.71. The van der Waals surface area contributed by atoms with Gasteiger partial charge < -0.3 is 14.7 Å². The fraction of sp³-hybridized carbons (Fsp3) is 0.588. The average Bonchev–Trinajstić information content (AvgIpc) is 3.00. The van der Waals surface area contributed by atoms with Crippen LogP contribution in [0.25, 0.3) is 0 Å². The highest BCUT2D eigenvalue weighted by Crippen LogP contribution is 2.22. The van der Waals surface area contributed by atoms with Crippen molar-refractivity contribution in [2.45, 2.75) is 19.4 Å². The van der Waals surface area contributed by atoms with Gasteiger partial charge in [0.2, 0.25) is 5.91 Å². The molecule has 2 saturated heterocycles. The van der Waals surface area contributed by atoms with Crippen molar-refractivity contribution < 1.29 is 18.0 Å². The van der Waals surface area contributed by atoms with Crippen molar-refractivity contribution >= 4 is 27.3 Å². The first-order chi connectivity index (χ1) is 12.3. The SMILES string of the molecule is CC(=O)N1CCN(C(=O)c2ccc(N(C)C3CCS(=O)(=O)C3)cn2)CC1. The maximum absolute atomic E-state index is 12.6. The number of pyridine rings is 1. The second-order valence-electron chi connectivity index (χ2n) is 6.87. The Hall–Kier alpha value is -2.16. The zero-order valence-corrected chi connectivity index (χ0v) is 15.9. The van der Waals surface area contributed by atoms with Crippen LogP contribution in [-0.2, 0) is 14.6 Å². The van der Waals surface area contributed by atoms with Gasteiger partial charge in [0.25, 0.3) is 5.91 Å². The first-order valence-corrected chi connectivity index (χ1v) is 10.5. The van der Waals surface area contributed by atoms with Crippen LogP contribution in [0.2, 0.25) is 0 Å². The van der Waals surface area contributed by atoms with Gasteiger partial charge in [0, 0.05) is 46.2 Å². The van der Waals surface area contributed by atoms with E-state index < -0.39 is 9.84 Å². The van der Waals surface area contributed by atoms with E-state index in [9.17, 15) is 18.0 Å². The zero-order chi connectivity index (χ0) is 18.9. The quantitative estimate of drug-likeness (QED) is 0.734. The smallest absolute Gasteiger partial charge is 0.272 e. The van der Waals surface area contributed by atoms with Gasteiger partial charge >= 0.3 is 0 Å². The number of carbonyl (C=O) groups excluding carboxylic acids is 2. The van der Waals surface area contributed by atoms with Crippen molar-refractivity contribution in [3.05, 3.63) is 24.0 Å². The van der Waals surface area contributed by atoms with E-state index in [2.05, 4.69) is 4.98 Å². The molecule has 1 unspecified atom stereocenters. The van der Waals surface area contributed by atoms with E-state index in [0.29, 0.717) is 38.3 Å². The highest BCUT2D eigenvalue weighted by atomic mass is 32.2. The predicted molar refractivity (Wildman–Crippen MR) is 97.9 cm³/mol. The molecule has 2 amide bonds. The van der Waals surface area contributed by atoms with Crippen LogP contribution < -0.4 is 4.90 Å². The molecule has 3 rings (SSSR count). The van der Waals surface area contributed by atoms with Crippen molar-refractivity contribution in [3.63, 3.8) is 0 Å². The summed E-state index contributed by atoms with van der Waals surface area (Å²) in [6, 6.07) is 3.43. The van der Waals surface area contributed by atoms with Crippen LogP contribution in [0.4, 0.5) is 5.69 Å². The summed E-state index contributed by atoms with van der Waals surface area (Å²) < 4.78 is 23.3. The molecule has 0 N–H and O–H groups in total. The molecule has 2 aliphatic rings. The van der Waals surface area contributed by atoms with Gasteiger partial charge in [-0.2, -0.15) is 0 Å². The number of aromatic nitrogens is 1. The van der Waals surface area contributed by atoms with Crippen LogP contribution in [0, 0.1) is 0 Å². The summed E-state index contributed by atoms with van der Waals surface area (Å²) >= 11 is 0. The van der Waals surface area contributed by atoms with Crippen LogP contribution in [0.15, 0.2) is 18.3 Å². The third kappa shape index (κ3) is 3.98. The molecular formula is C17H24N4O4S. The Bertz CT molecular complexity index is 785. The molecule has 1 atom stereocenters. The molecule has 2 aliphatic heterocycles. The highest BCUT2D eigenvalue weighted by Gasteiger charge is 2.31. The van der Waals surface area contributed by atoms with E-state index >= 15 is 0 Å². The first kappa shape index (κ1) is 18.6. The van der Waals surface area contributed by atoms with E-state index in [1.165, 1.54) is 6.92 Å². The number of anilines is 1. The summed E-state index contributed by atoms with van der Waals surface area (Å²) in [6.07, 6.45) is 2.23. The Balaban J connectivity index is 1.62. The maximum atomic E-state index is 12.6.